The zero-order valence-corrected chi connectivity index (χ0v) is 8.60. The van der Waals surface area contributed by atoms with E-state index in [0.29, 0.717) is 17.3 Å². The maximum Gasteiger partial charge on any atom is 0.337 e. The van der Waals surface area contributed by atoms with Crippen LogP contribution in [0.2, 0.25) is 0 Å². The van der Waals surface area contributed by atoms with Crippen molar-refractivity contribution in [1.29, 1.82) is 0 Å². The summed E-state index contributed by atoms with van der Waals surface area (Å²) in [5, 5.41) is 9.06. The minimum atomic E-state index is -0.920. The lowest BCUT2D eigenvalue weighted by Crippen LogP contribution is -2.46. The van der Waals surface area contributed by atoms with E-state index < -0.39 is 5.97 Å². The van der Waals surface area contributed by atoms with Crippen molar-refractivity contribution in [2.24, 2.45) is 0 Å². The smallest absolute Gasteiger partial charge is 0.337 e. The van der Waals surface area contributed by atoms with E-state index in [1.165, 1.54) is 6.07 Å². The molecule has 0 bridgehead atoms. The van der Waals surface area contributed by atoms with E-state index in [0.717, 1.165) is 18.7 Å². The van der Waals surface area contributed by atoms with Crippen LogP contribution in [0.4, 0.5) is 11.4 Å². The lowest BCUT2D eigenvalue weighted by molar-refractivity contribution is 0.0697. The molecule has 1 aliphatic heterocycles. The zero-order chi connectivity index (χ0) is 11.0. The Kier molecular flexibility index (Phi) is 2.26. The van der Waals surface area contributed by atoms with E-state index in [1.807, 2.05) is 0 Å². The third-order valence-corrected chi connectivity index (χ3v) is 2.88. The molecule has 0 saturated carbocycles. The predicted octanol–water partition coefficient (Wildman–Crippen LogP) is 1.57. The molecule has 1 aromatic carbocycles. The third kappa shape index (κ3) is 1.63. The molecule has 1 aromatic rings. The number of hydrogen-bond donors (Lipinski definition) is 2. The fourth-order valence-electron chi connectivity index (χ4n) is 1.85. The number of rotatable bonds is 2. The number of anilines is 2. The van der Waals surface area contributed by atoms with Gasteiger partial charge >= 0.3 is 5.97 Å². The van der Waals surface area contributed by atoms with Crippen LogP contribution in [0.5, 0.6) is 0 Å². The number of nitrogens with two attached hydrogens (primary N) is 1. The lowest BCUT2D eigenvalue weighted by atomic mass is 10.0. The number of hydrogen-bond acceptors (Lipinski definition) is 3. The first kappa shape index (κ1) is 9.83. The number of carboxylic acid groups (broad SMARTS) is 1. The minimum absolute atomic E-state index is 0.293. The van der Waals surface area contributed by atoms with Gasteiger partial charge in [0.1, 0.15) is 0 Å². The van der Waals surface area contributed by atoms with Crippen LogP contribution in [0.3, 0.4) is 0 Å². The lowest BCUT2D eigenvalue weighted by Gasteiger charge is -2.41. The number of carboxylic acids is 1. The highest BCUT2D eigenvalue weighted by Gasteiger charge is 2.27. The molecule has 80 valence electrons. The molecule has 0 radical (unpaired) electrons. The van der Waals surface area contributed by atoms with Crippen molar-refractivity contribution in [1.82, 2.24) is 0 Å². The van der Waals surface area contributed by atoms with Gasteiger partial charge in [-0.25, -0.2) is 4.79 Å². The van der Waals surface area contributed by atoms with Crippen molar-refractivity contribution < 1.29 is 9.90 Å². The van der Waals surface area contributed by atoms with E-state index in [1.54, 1.807) is 12.1 Å². The summed E-state index contributed by atoms with van der Waals surface area (Å²) in [5.41, 5.74) is 7.13. The Morgan fingerprint density at radius 1 is 1.60 bits per heavy atom. The molecule has 1 heterocycles. The fourth-order valence-corrected chi connectivity index (χ4v) is 1.85. The van der Waals surface area contributed by atoms with Crippen molar-refractivity contribution >= 4 is 17.3 Å². The van der Waals surface area contributed by atoms with Gasteiger partial charge in [0.2, 0.25) is 0 Å². The third-order valence-electron chi connectivity index (χ3n) is 2.88. The van der Waals surface area contributed by atoms with Gasteiger partial charge in [-0.1, -0.05) is 0 Å². The molecule has 1 fully saturated rings. The topological polar surface area (TPSA) is 66.6 Å². The van der Waals surface area contributed by atoms with E-state index in [4.69, 9.17) is 10.8 Å². The van der Waals surface area contributed by atoms with Crippen molar-refractivity contribution in [2.75, 3.05) is 17.2 Å². The van der Waals surface area contributed by atoms with Gasteiger partial charge < -0.3 is 15.7 Å². The number of nitrogens with zero attached hydrogens (tertiary/aromatic N) is 1. The predicted molar refractivity (Wildman–Crippen MR) is 59.2 cm³/mol. The Hall–Kier alpha value is -1.71. The van der Waals surface area contributed by atoms with Crippen molar-refractivity contribution in [2.45, 2.75) is 19.4 Å². The first-order valence-electron chi connectivity index (χ1n) is 4.99. The standard InChI is InChI=1S/C11H14N2O2/c1-7-4-5-13(7)10-3-2-8(12)6-9(10)11(14)15/h2-3,6-7H,4-5,12H2,1H3,(H,14,15). The second kappa shape index (κ2) is 3.46. The van der Waals surface area contributed by atoms with E-state index in [-0.39, 0.29) is 0 Å². The number of aromatic carboxylic acids is 1. The van der Waals surface area contributed by atoms with Crippen LogP contribution in [0.1, 0.15) is 23.7 Å². The molecule has 0 aromatic heterocycles. The molecule has 0 amide bonds. The highest BCUT2D eigenvalue weighted by Crippen LogP contribution is 2.30. The Balaban J connectivity index is 2.41. The highest BCUT2D eigenvalue weighted by atomic mass is 16.4. The van der Waals surface area contributed by atoms with Gasteiger partial charge in [0.05, 0.1) is 11.3 Å². The molecule has 3 N–H and O–H groups in total. The number of benzene rings is 1. The molecule has 1 unspecified atom stereocenters. The number of nitrogen functional groups attached to an aromatic ring is 1. The summed E-state index contributed by atoms with van der Waals surface area (Å²) in [6, 6.07) is 5.47. The molecule has 1 aliphatic rings. The van der Waals surface area contributed by atoms with Gasteiger partial charge in [0, 0.05) is 18.3 Å². The van der Waals surface area contributed by atoms with E-state index in [2.05, 4.69) is 11.8 Å². The zero-order valence-electron chi connectivity index (χ0n) is 8.60. The maximum atomic E-state index is 11.0. The molecule has 1 atom stereocenters. The normalized spacial score (nSPS) is 19.8. The summed E-state index contributed by atoms with van der Waals surface area (Å²) >= 11 is 0. The van der Waals surface area contributed by atoms with Gasteiger partial charge in [-0.3, -0.25) is 0 Å². The Morgan fingerprint density at radius 3 is 2.80 bits per heavy atom. The average molecular weight is 206 g/mol. The Labute approximate surface area is 88.3 Å². The summed E-state index contributed by atoms with van der Waals surface area (Å²) in [4.78, 5) is 13.1. The molecule has 4 nitrogen and oxygen atoms in total. The van der Waals surface area contributed by atoms with Crippen LogP contribution in [0.25, 0.3) is 0 Å². The summed E-state index contributed by atoms with van der Waals surface area (Å²) in [5.74, 6) is -0.920. The van der Waals surface area contributed by atoms with Crippen LogP contribution >= 0.6 is 0 Å². The monoisotopic (exact) mass is 206 g/mol. The van der Waals surface area contributed by atoms with Crippen molar-refractivity contribution in [3.63, 3.8) is 0 Å². The first-order chi connectivity index (χ1) is 7.09. The van der Waals surface area contributed by atoms with Gasteiger partial charge in [0.15, 0.2) is 0 Å². The highest BCUT2D eigenvalue weighted by molar-refractivity contribution is 5.95. The van der Waals surface area contributed by atoms with Gasteiger partial charge in [-0.2, -0.15) is 0 Å². The molecule has 4 heteroatoms. The van der Waals surface area contributed by atoms with Gasteiger partial charge in [0.25, 0.3) is 0 Å². The fraction of sp³-hybridized carbons (Fsp3) is 0.364. The van der Waals surface area contributed by atoms with E-state index >= 15 is 0 Å². The molecule has 0 spiro atoms. The van der Waals surface area contributed by atoms with E-state index in [9.17, 15) is 4.79 Å². The summed E-state index contributed by atoms with van der Waals surface area (Å²) in [6.07, 6.45) is 1.11. The summed E-state index contributed by atoms with van der Waals surface area (Å²) in [6.45, 7) is 3.01. The minimum Gasteiger partial charge on any atom is -0.478 e. The van der Waals surface area contributed by atoms with Crippen LogP contribution in [-0.2, 0) is 0 Å². The molecule has 0 aliphatic carbocycles. The summed E-state index contributed by atoms with van der Waals surface area (Å²) in [7, 11) is 0. The number of carbonyl (C=O) groups is 1. The Bertz CT molecular complexity index is 404. The van der Waals surface area contributed by atoms with Crippen LogP contribution in [-0.4, -0.2) is 23.7 Å². The molecule has 15 heavy (non-hydrogen) atoms. The second-order valence-electron chi connectivity index (χ2n) is 3.91. The molecular weight excluding hydrogens is 192 g/mol. The Morgan fingerprint density at radius 2 is 2.33 bits per heavy atom. The maximum absolute atomic E-state index is 11.0. The second-order valence-corrected chi connectivity index (χ2v) is 3.91. The van der Waals surface area contributed by atoms with Gasteiger partial charge in [-0.15, -0.1) is 0 Å². The SMILES string of the molecule is CC1CCN1c1ccc(N)cc1C(=O)O. The summed E-state index contributed by atoms with van der Waals surface area (Å²) < 4.78 is 0. The van der Waals surface area contributed by atoms with Crippen LogP contribution in [0.15, 0.2) is 18.2 Å². The molecule has 2 rings (SSSR count). The molecule has 1 saturated heterocycles. The largest absolute Gasteiger partial charge is 0.478 e. The van der Waals surface area contributed by atoms with Crippen molar-refractivity contribution in [3.05, 3.63) is 23.8 Å². The molecular formula is C11H14N2O2. The quantitative estimate of drug-likeness (QED) is 0.721. The van der Waals surface area contributed by atoms with Gasteiger partial charge in [-0.05, 0) is 31.5 Å². The average Bonchev–Trinajstić information content (AvgIpc) is 2.18. The van der Waals surface area contributed by atoms with Crippen LogP contribution < -0.4 is 10.6 Å². The first-order valence-corrected chi connectivity index (χ1v) is 4.99. The van der Waals surface area contributed by atoms with Crippen LogP contribution in [0, 0.1) is 0 Å². The van der Waals surface area contributed by atoms with Crippen molar-refractivity contribution in [3.8, 4) is 0 Å².